The van der Waals surface area contributed by atoms with Gasteiger partial charge in [-0.1, -0.05) is 41.9 Å². The van der Waals surface area contributed by atoms with E-state index < -0.39 is 17.2 Å². The van der Waals surface area contributed by atoms with Crippen LogP contribution in [0.1, 0.15) is 47.5 Å². The summed E-state index contributed by atoms with van der Waals surface area (Å²) >= 11 is 6.61. The summed E-state index contributed by atoms with van der Waals surface area (Å²) < 4.78 is 40.2. The highest BCUT2D eigenvalue weighted by atomic mass is 35.5. The molecule has 10 nitrogen and oxygen atoms in total. The first-order valence-corrected chi connectivity index (χ1v) is 16.5. The first kappa shape index (κ1) is 31.8. The van der Waals surface area contributed by atoms with Crippen LogP contribution < -0.4 is 9.64 Å². The van der Waals surface area contributed by atoms with Gasteiger partial charge >= 0.3 is 12.1 Å². The first-order chi connectivity index (χ1) is 22.4. The Morgan fingerprint density at radius 3 is 2.43 bits per heavy atom. The number of hydrogen-bond donors (Lipinski definition) is 0. The van der Waals surface area contributed by atoms with Gasteiger partial charge in [-0.25, -0.2) is 9.18 Å². The number of anilines is 1. The average Bonchev–Trinajstić information content (AvgIpc) is 3.29. The molecule has 0 saturated carbocycles. The summed E-state index contributed by atoms with van der Waals surface area (Å²) in [7, 11) is 0. The molecule has 47 heavy (non-hydrogen) atoms. The molecule has 3 aliphatic rings. The van der Waals surface area contributed by atoms with Gasteiger partial charge in [0.25, 0.3) is 0 Å². The highest BCUT2D eigenvalue weighted by molar-refractivity contribution is 6.36. The van der Waals surface area contributed by atoms with Crippen LogP contribution >= 0.6 is 11.6 Å². The number of fused-ring (bicyclic) bond motifs is 4. The molecule has 1 amide bonds. The highest BCUT2D eigenvalue weighted by Gasteiger charge is 2.45. The summed E-state index contributed by atoms with van der Waals surface area (Å²) in [4.78, 5) is 31.1. The lowest BCUT2D eigenvalue weighted by molar-refractivity contribution is -0.264. The van der Waals surface area contributed by atoms with E-state index >= 15 is 4.39 Å². The molecular weight excluding hydrogens is 625 g/mol. The number of rotatable bonds is 5. The highest BCUT2D eigenvalue weighted by Crippen LogP contribution is 2.39. The van der Waals surface area contributed by atoms with Crippen molar-refractivity contribution in [3.8, 4) is 17.3 Å². The molecule has 3 fully saturated rings. The van der Waals surface area contributed by atoms with E-state index in [1.807, 2.05) is 69.9 Å². The van der Waals surface area contributed by atoms with Gasteiger partial charge < -0.3 is 23.8 Å². The number of pyridine rings is 1. The van der Waals surface area contributed by atoms with Gasteiger partial charge in [-0.05, 0) is 58.9 Å². The van der Waals surface area contributed by atoms with Crippen LogP contribution in [0.3, 0.4) is 0 Å². The topological polar surface area (TPSA) is 99.1 Å². The standard InChI is InChI=1S/C35H39ClFN5O5/c1-34(2,3)47-33(43)42-22-12-13-23(42)16-41(15-22)31-25-14-38-29(24-10-6-8-21-9-7-11-26(36)27(21)24)28(37)30(25)39-32(40-31)44-17-20-18-45-35(4,5)46-19-20/h6-11,14,20,22-23H,12-13,15-19H2,1-5H3. The zero-order valence-electron chi connectivity index (χ0n) is 27.3. The van der Waals surface area contributed by atoms with Crippen LogP contribution in [-0.2, 0) is 14.2 Å². The van der Waals surface area contributed by atoms with E-state index in [1.54, 1.807) is 12.3 Å². The number of carbonyl (C=O) groups excluding carboxylic acids is 1. The maximum absolute atomic E-state index is 16.7. The second-order valence-electron chi connectivity index (χ2n) is 14.0. The summed E-state index contributed by atoms with van der Waals surface area (Å²) in [6.07, 6.45) is 2.98. The quantitative estimate of drug-likeness (QED) is 0.223. The van der Waals surface area contributed by atoms with Crippen LogP contribution in [0.2, 0.25) is 5.02 Å². The lowest BCUT2D eigenvalue weighted by Crippen LogP contribution is -2.57. The Bertz CT molecular complexity index is 1820. The Hall–Kier alpha value is -3.80. The van der Waals surface area contributed by atoms with Crippen molar-refractivity contribution in [2.45, 2.75) is 70.9 Å². The SMILES string of the molecule is CC(C)(C)OC(=O)N1C2CCC1CN(c1nc(OCC3COC(C)(C)OC3)nc3c(F)c(-c4cccc5cccc(Cl)c45)ncc13)C2. The smallest absolute Gasteiger partial charge is 0.410 e. The van der Waals surface area contributed by atoms with Crippen LogP contribution in [0.15, 0.2) is 42.6 Å². The Labute approximate surface area is 278 Å². The average molecular weight is 664 g/mol. The molecule has 5 heterocycles. The molecule has 2 aromatic carbocycles. The lowest BCUT2D eigenvalue weighted by atomic mass is 10.0. The molecule has 7 rings (SSSR count). The van der Waals surface area contributed by atoms with Gasteiger partial charge in [0.05, 0.1) is 37.3 Å². The predicted octanol–water partition coefficient (Wildman–Crippen LogP) is 7.00. The normalized spacial score (nSPS) is 21.4. The molecule has 2 bridgehead atoms. The van der Waals surface area contributed by atoms with Crippen molar-refractivity contribution in [3.05, 3.63) is 53.4 Å². The minimum absolute atomic E-state index is 0.0466. The van der Waals surface area contributed by atoms with Crippen molar-refractivity contribution in [2.24, 2.45) is 5.92 Å². The van der Waals surface area contributed by atoms with E-state index in [1.165, 1.54) is 0 Å². The van der Waals surface area contributed by atoms with Crippen molar-refractivity contribution in [2.75, 3.05) is 37.8 Å². The van der Waals surface area contributed by atoms with Crippen LogP contribution in [0.5, 0.6) is 6.01 Å². The monoisotopic (exact) mass is 663 g/mol. The molecule has 3 aliphatic heterocycles. The van der Waals surface area contributed by atoms with Crippen LogP contribution in [0, 0.1) is 11.7 Å². The summed E-state index contributed by atoms with van der Waals surface area (Å²) in [6.45, 7) is 11.5. The number of hydrogen-bond acceptors (Lipinski definition) is 9. The third-order valence-electron chi connectivity index (χ3n) is 8.92. The van der Waals surface area contributed by atoms with Crippen LogP contribution in [0.4, 0.5) is 15.0 Å². The van der Waals surface area contributed by atoms with Gasteiger partial charge in [-0.3, -0.25) is 9.88 Å². The summed E-state index contributed by atoms with van der Waals surface area (Å²) in [5, 5.41) is 2.55. The second-order valence-corrected chi connectivity index (χ2v) is 14.4. The minimum Gasteiger partial charge on any atom is -0.463 e. The van der Waals surface area contributed by atoms with Gasteiger partial charge in [0.1, 0.15) is 22.6 Å². The van der Waals surface area contributed by atoms with E-state index in [0.29, 0.717) is 53.5 Å². The molecule has 12 heteroatoms. The molecule has 0 N–H and O–H groups in total. The molecule has 3 saturated heterocycles. The number of aromatic nitrogens is 3. The molecule has 4 aromatic rings. The van der Waals surface area contributed by atoms with Crippen LogP contribution in [0.25, 0.3) is 32.9 Å². The summed E-state index contributed by atoms with van der Waals surface area (Å²) in [5.41, 5.74) is 0.205. The summed E-state index contributed by atoms with van der Waals surface area (Å²) in [6, 6.07) is 11.1. The minimum atomic E-state index is -0.652. The fraction of sp³-hybridized carbons (Fsp3) is 0.486. The zero-order chi connectivity index (χ0) is 33.1. The third-order valence-corrected chi connectivity index (χ3v) is 9.23. The Morgan fingerprint density at radius 2 is 1.74 bits per heavy atom. The van der Waals surface area contributed by atoms with Gasteiger partial charge in [0.15, 0.2) is 11.6 Å². The first-order valence-electron chi connectivity index (χ1n) is 16.1. The van der Waals surface area contributed by atoms with Gasteiger partial charge in [0.2, 0.25) is 0 Å². The second kappa shape index (κ2) is 12.0. The lowest BCUT2D eigenvalue weighted by Gasteiger charge is -2.42. The van der Waals surface area contributed by atoms with Gasteiger partial charge in [0, 0.05) is 41.2 Å². The molecule has 0 radical (unpaired) electrons. The summed E-state index contributed by atoms with van der Waals surface area (Å²) in [5.74, 6) is -0.780. The molecule has 0 spiro atoms. The van der Waals surface area contributed by atoms with Gasteiger partial charge in [-0.15, -0.1) is 0 Å². The van der Waals surface area contributed by atoms with E-state index in [4.69, 9.17) is 35.5 Å². The van der Waals surface area contributed by atoms with Crippen molar-refractivity contribution >= 4 is 45.2 Å². The molecule has 0 aliphatic carbocycles. The third kappa shape index (κ3) is 6.28. The molecule has 248 valence electrons. The Morgan fingerprint density at radius 1 is 1.06 bits per heavy atom. The van der Waals surface area contributed by atoms with E-state index in [-0.39, 0.29) is 47.9 Å². The number of carbonyl (C=O) groups is 1. The molecule has 2 aromatic heterocycles. The molecule has 2 atom stereocenters. The number of halogens is 2. The number of amides is 1. The maximum atomic E-state index is 16.7. The Kier molecular flexibility index (Phi) is 8.13. The maximum Gasteiger partial charge on any atom is 0.410 e. The van der Waals surface area contributed by atoms with Crippen molar-refractivity contribution in [1.29, 1.82) is 0 Å². The largest absolute Gasteiger partial charge is 0.463 e. The number of nitrogens with zero attached hydrogens (tertiary/aromatic N) is 5. The van der Waals surface area contributed by atoms with Crippen LogP contribution in [-0.4, -0.2) is 82.3 Å². The van der Waals surface area contributed by atoms with Gasteiger partial charge in [-0.2, -0.15) is 9.97 Å². The van der Waals surface area contributed by atoms with E-state index in [0.717, 1.165) is 18.2 Å². The van der Waals surface area contributed by atoms with Crippen molar-refractivity contribution < 1.29 is 28.1 Å². The van der Waals surface area contributed by atoms with Crippen molar-refractivity contribution in [1.82, 2.24) is 19.9 Å². The number of ether oxygens (including phenoxy) is 4. The Balaban J connectivity index is 1.27. The van der Waals surface area contributed by atoms with E-state index in [2.05, 4.69) is 14.9 Å². The van der Waals surface area contributed by atoms with E-state index in [9.17, 15) is 4.79 Å². The molecular formula is C35H39ClFN5O5. The molecule has 2 unspecified atom stereocenters. The number of benzene rings is 2. The number of piperazine rings is 1. The van der Waals surface area contributed by atoms with Crippen molar-refractivity contribution in [3.63, 3.8) is 0 Å². The predicted molar refractivity (Wildman–Crippen MR) is 177 cm³/mol. The fourth-order valence-corrected chi connectivity index (χ4v) is 7.00. The zero-order valence-corrected chi connectivity index (χ0v) is 28.0. The fourth-order valence-electron chi connectivity index (χ4n) is 6.71.